The Bertz CT molecular complexity index is 931. The van der Waals surface area contributed by atoms with Crippen LogP contribution in [-0.4, -0.2) is 16.0 Å². The summed E-state index contributed by atoms with van der Waals surface area (Å²) in [6.07, 6.45) is 1.48. The first-order valence-electron chi connectivity index (χ1n) is 6.98. The van der Waals surface area contributed by atoms with Gasteiger partial charge in [-0.15, -0.1) is 0 Å². The predicted octanol–water partition coefficient (Wildman–Crippen LogP) is 3.56. The molecule has 0 radical (unpaired) electrons. The molecule has 0 saturated carbocycles. The van der Waals surface area contributed by atoms with Crippen LogP contribution in [0.4, 0.5) is 14.5 Å². The van der Waals surface area contributed by atoms with Gasteiger partial charge in [0.25, 0.3) is 5.56 Å². The van der Waals surface area contributed by atoms with Crippen molar-refractivity contribution in [1.82, 2.24) is 9.38 Å². The molecule has 0 amide bonds. The quantitative estimate of drug-likeness (QED) is 0.763. The number of anilines is 1. The number of hydrogen-bond acceptors (Lipinski definition) is 4. The number of hydrogen-bond donors (Lipinski definition) is 1. The van der Waals surface area contributed by atoms with E-state index in [9.17, 15) is 13.6 Å². The second kappa shape index (κ2) is 6.84. The lowest BCUT2D eigenvalue weighted by Crippen LogP contribution is -2.17. The van der Waals surface area contributed by atoms with Crippen molar-refractivity contribution in [1.29, 1.82) is 0 Å². The van der Waals surface area contributed by atoms with Crippen LogP contribution in [-0.2, 0) is 6.54 Å². The van der Waals surface area contributed by atoms with Crippen LogP contribution < -0.4 is 15.6 Å². The summed E-state index contributed by atoms with van der Waals surface area (Å²) in [6, 6.07) is 10.9. The molecule has 0 bridgehead atoms. The minimum absolute atomic E-state index is 0.0248. The highest BCUT2D eigenvalue weighted by Gasteiger charge is 2.09. The number of pyridine rings is 1. The lowest BCUT2D eigenvalue weighted by atomic mass is 10.3. The summed E-state index contributed by atoms with van der Waals surface area (Å²) in [4.78, 5) is 16.4. The second-order valence-electron chi connectivity index (χ2n) is 4.89. The third-order valence-corrected chi connectivity index (χ3v) is 3.46. The molecule has 0 atom stereocenters. The minimum atomic E-state index is -2.92. The van der Waals surface area contributed by atoms with Crippen molar-refractivity contribution in [3.05, 3.63) is 69.7 Å². The molecule has 3 aromatic rings. The first kappa shape index (κ1) is 16.2. The molecule has 3 rings (SSSR count). The maximum absolute atomic E-state index is 12.4. The van der Waals surface area contributed by atoms with Crippen LogP contribution in [0, 0.1) is 0 Å². The molecule has 0 aliphatic carbocycles. The zero-order valence-corrected chi connectivity index (χ0v) is 13.0. The molecule has 1 aromatic carbocycles. The van der Waals surface area contributed by atoms with Gasteiger partial charge < -0.3 is 10.1 Å². The highest BCUT2D eigenvalue weighted by Crippen LogP contribution is 2.25. The molecular weight excluding hydrogens is 340 g/mol. The van der Waals surface area contributed by atoms with Crippen molar-refractivity contribution in [2.24, 2.45) is 0 Å². The Labute approximate surface area is 140 Å². The zero-order chi connectivity index (χ0) is 17.1. The molecule has 0 spiro atoms. The topological polar surface area (TPSA) is 55.6 Å². The van der Waals surface area contributed by atoms with Crippen molar-refractivity contribution in [2.75, 3.05) is 5.32 Å². The summed E-state index contributed by atoms with van der Waals surface area (Å²) >= 11 is 5.86. The van der Waals surface area contributed by atoms with E-state index < -0.39 is 6.61 Å². The number of aromatic nitrogens is 2. The molecule has 0 aliphatic rings. The van der Waals surface area contributed by atoms with Crippen LogP contribution in [0.15, 0.2) is 53.5 Å². The van der Waals surface area contributed by atoms with Crippen molar-refractivity contribution in [3.63, 3.8) is 0 Å². The van der Waals surface area contributed by atoms with Crippen molar-refractivity contribution >= 4 is 22.9 Å². The number of ether oxygens (including phenoxy) is 1. The molecule has 24 heavy (non-hydrogen) atoms. The Morgan fingerprint density at radius 1 is 1.25 bits per heavy atom. The largest absolute Gasteiger partial charge is 0.433 e. The van der Waals surface area contributed by atoms with Crippen LogP contribution in [0.2, 0.25) is 5.02 Å². The Morgan fingerprint density at radius 2 is 2.04 bits per heavy atom. The minimum Gasteiger partial charge on any atom is -0.433 e. The molecule has 0 saturated heterocycles. The van der Waals surface area contributed by atoms with E-state index in [-0.39, 0.29) is 17.9 Å². The standard InChI is InChI=1S/C16H12ClF2N3O2/c17-10-5-6-14-21-11(7-15(23)22(14)9-10)8-20-12-3-1-2-4-13(12)24-16(18)19/h1-7,9,16,20H,8H2. The number of halogens is 3. The van der Waals surface area contributed by atoms with Gasteiger partial charge in [0.1, 0.15) is 11.4 Å². The maximum atomic E-state index is 12.4. The lowest BCUT2D eigenvalue weighted by molar-refractivity contribution is -0.0493. The molecule has 8 heteroatoms. The van der Waals surface area contributed by atoms with Gasteiger partial charge in [-0.3, -0.25) is 9.20 Å². The van der Waals surface area contributed by atoms with Gasteiger partial charge in [0.15, 0.2) is 0 Å². The lowest BCUT2D eigenvalue weighted by Gasteiger charge is -2.12. The maximum Gasteiger partial charge on any atom is 0.387 e. The Kier molecular flexibility index (Phi) is 4.61. The van der Waals surface area contributed by atoms with Gasteiger partial charge in [-0.25, -0.2) is 4.98 Å². The molecule has 1 N–H and O–H groups in total. The summed E-state index contributed by atoms with van der Waals surface area (Å²) in [5.41, 5.74) is 1.02. The summed E-state index contributed by atoms with van der Waals surface area (Å²) in [5.74, 6) is 0.0248. The fourth-order valence-electron chi connectivity index (χ4n) is 2.21. The number of benzene rings is 1. The summed E-state index contributed by atoms with van der Waals surface area (Å²) < 4.78 is 30.6. The van der Waals surface area contributed by atoms with Crippen molar-refractivity contribution < 1.29 is 13.5 Å². The molecule has 124 valence electrons. The van der Waals surface area contributed by atoms with E-state index in [1.807, 2.05) is 0 Å². The van der Waals surface area contributed by atoms with Crippen LogP contribution in [0.5, 0.6) is 5.75 Å². The van der Waals surface area contributed by atoms with Crippen LogP contribution in [0.1, 0.15) is 5.69 Å². The monoisotopic (exact) mass is 351 g/mol. The molecule has 5 nitrogen and oxygen atoms in total. The molecular formula is C16H12ClF2N3O2. The van der Waals surface area contributed by atoms with Crippen molar-refractivity contribution in [3.8, 4) is 5.75 Å². The number of para-hydroxylation sites is 2. The van der Waals surface area contributed by atoms with Crippen LogP contribution in [0.25, 0.3) is 5.65 Å². The highest BCUT2D eigenvalue weighted by atomic mass is 35.5. The van der Waals surface area contributed by atoms with Gasteiger partial charge in [-0.1, -0.05) is 23.7 Å². The van der Waals surface area contributed by atoms with Gasteiger partial charge in [0, 0.05) is 12.3 Å². The van der Waals surface area contributed by atoms with E-state index in [2.05, 4.69) is 15.0 Å². The fraction of sp³-hybridized carbons (Fsp3) is 0.125. The van der Waals surface area contributed by atoms with Gasteiger partial charge >= 0.3 is 6.61 Å². The zero-order valence-electron chi connectivity index (χ0n) is 12.2. The van der Waals surface area contributed by atoms with Crippen LogP contribution >= 0.6 is 11.6 Å². The molecule has 2 aromatic heterocycles. The highest BCUT2D eigenvalue weighted by molar-refractivity contribution is 6.30. The number of rotatable bonds is 5. The first-order chi connectivity index (χ1) is 11.5. The Morgan fingerprint density at radius 3 is 2.83 bits per heavy atom. The fourth-order valence-corrected chi connectivity index (χ4v) is 2.37. The molecule has 2 heterocycles. The van der Waals surface area contributed by atoms with E-state index in [0.717, 1.165) is 0 Å². The van der Waals surface area contributed by atoms with Crippen molar-refractivity contribution in [2.45, 2.75) is 13.2 Å². The second-order valence-corrected chi connectivity index (χ2v) is 5.33. The average molecular weight is 352 g/mol. The normalized spacial score (nSPS) is 11.0. The Hall–Kier alpha value is -2.67. The van der Waals surface area contributed by atoms with E-state index >= 15 is 0 Å². The van der Waals surface area contributed by atoms with E-state index in [4.69, 9.17) is 11.6 Å². The number of nitrogens with one attached hydrogen (secondary N) is 1. The smallest absolute Gasteiger partial charge is 0.387 e. The Balaban J connectivity index is 1.84. The SMILES string of the molecule is O=c1cc(CNc2ccccc2OC(F)F)nc2ccc(Cl)cn12. The summed E-state index contributed by atoms with van der Waals surface area (Å²) in [5, 5.41) is 3.37. The van der Waals surface area contributed by atoms with E-state index in [1.165, 1.54) is 22.7 Å². The van der Waals surface area contributed by atoms with Gasteiger partial charge in [-0.05, 0) is 24.3 Å². The molecule has 0 aliphatic heterocycles. The summed E-state index contributed by atoms with van der Waals surface area (Å²) in [6.45, 7) is -2.74. The van der Waals surface area contributed by atoms with Gasteiger partial charge in [0.2, 0.25) is 0 Å². The third-order valence-electron chi connectivity index (χ3n) is 3.24. The first-order valence-corrected chi connectivity index (χ1v) is 7.36. The van der Waals surface area contributed by atoms with Gasteiger partial charge in [0.05, 0.1) is 22.9 Å². The number of nitrogens with zero attached hydrogens (tertiary/aromatic N) is 2. The number of alkyl halides is 2. The van der Waals surface area contributed by atoms with Crippen LogP contribution in [0.3, 0.4) is 0 Å². The van der Waals surface area contributed by atoms with E-state index in [0.29, 0.717) is 22.1 Å². The molecule has 0 fully saturated rings. The van der Waals surface area contributed by atoms with Gasteiger partial charge in [-0.2, -0.15) is 8.78 Å². The van der Waals surface area contributed by atoms with E-state index in [1.54, 1.807) is 30.3 Å². The average Bonchev–Trinajstić information content (AvgIpc) is 2.54. The third kappa shape index (κ3) is 3.62. The summed E-state index contributed by atoms with van der Waals surface area (Å²) in [7, 11) is 0. The number of fused-ring (bicyclic) bond motifs is 1. The molecule has 0 unspecified atom stereocenters. The predicted molar refractivity (Wildman–Crippen MR) is 86.9 cm³/mol.